The van der Waals surface area contributed by atoms with Gasteiger partial charge in [0.05, 0.1) is 29.2 Å². The Bertz CT molecular complexity index is 1200. The van der Waals surface area contributed by atoms with E-state index in [1.807, 2.05) is 44.2 Å². The number of carbonyl (C=O) groups is 1. The number of unbranched alkanes of at least 4 members (excludes halogenated alkanes) is 1. The monoisotopic (exact) mass is 538 g/mol. The van der Waals surface area contributed by atoms with Gasteiger partial charge in [-0.1, -0.05) is 57.0 Å². The molecule has 36 heavy (non-hydrogen) atoms. The first-order valence-electron chi connectivity index (χ1n) is 12.1. The number of ether oxygens (including phenoxy) is 1. The zero-order valence-electron chi connectivity index (χ0n) is 21.7. The zero-order valence-corrected chi connectivity index (χ0v) is 23.4. The molecule has 200 valence electrons. The van der Waals surface area contributed by atoms with E-state index >= 15 is 0 Å². The Morgan fingerprint density at radius 2 is 1.64 bits per heavy atom. The Kier molecular flexibility index (Phi) is 10.5. The van der Waals surface area contributed by atoms with Crippen LogP contribution in [0.15, 0.2) is 59.5 Å². The van der Waals surface area contributed by atoms with Crippen LogP contribution < -0.4 is 9.57 Å². The van der Waals surface area contributed by atoms with Crippen LogP contribution in [0.4, 0.5) is 0 Å². The fourth-order valence-electron chi connectivity index (χ4n) is 4.20. The molecule has 0 bridgehead atoms. The van der Waals surface area contributed by atoms with Gasteiger partial charge in [0, 0.05) is 6.26 Å². The summed E-state index contributed by atoms with van der Waals surface area (Å²) in [5.74, 6) is -0.430. The molecular formula is C26H38N2O6S2. The smallest absolute Gasteiger partial charge is 0.257 e. The van der Waals surface area contributed by atoms with Gasteiger partial charge in [0.2, 0.25) is 5.91 Å². The Balaban J connectivity index is 2.54. The lowest BCUT2D eigenvalue weighted by Gasteiger charge is -2.38. The Labute approximate surface area is 216 Å². The predicted octanol–water partition coefficient (Wildman–Crippen LogP) is 3.98. The van der Waals surface area contributed by atoms with Gasteiger partial charge < -0.3 is 4.74 Å². The molecule has 0 spiro atoms. The molecule has 2 aromatic rings. The summed E-state index contributed by atoms with van der Waals surface area (Å²) in [5, 5.41) is 1.15. The number of benzene rings is 2. The van der Waals surface area contributed by atoms with E-state index < -0.39 is 37.2 Å². The van der Waals surface area contributed by atoms with Gasteiger partial charge in [-0.25, -0.2) is 16.8 Å². The van der Waals surface area contributed by atoms with Crippen molar-refractivity contribution in [2.75, 3.05) is 19.1 Å². The summed E-state index contributed by atoms with van der Waals surface area (Å²) >= 11 is 0. The first-order chi connectivity index (χ1) is 16.8. The Morgan fingerprint density at radius 3 is 2.14 bits per heavy atom. The number of nitrogens with zero attached hydrogens (tertiary/aromatic N) is 1. The summed E-state index contributed by atoms with van der Waals surface area (Å²) in [6.07, 6.45) is 3.67. The van der Waals surface area contributed by atoms with Crippen LogP contribution in [0.1, 0.15) is 52.0 Å². The van der Waals surface area contributed by atoms with Crippen molar-refractivity contribution in [1.82, 2.24) is 9.84 Å². The van der Waals surface area contributed by atoms with Crippen LogP contribution in [0.3, 0.4) is 0 Å². The van der Waals surface area contributed by atoms with Gasteiger partial charge in [-0.05, 0) is 56.0 Å². The highest BCUT2D eigenvalue weighted by Crippen LogP contribution is 2.31. The third-order valence-electron chi connectivity index (χ3n) is 6.14. The van der Waals surface area contributed by atoms with Crippen LogP contribution in [0.2, 0.25) is 0 Å². The van der Waals surface area contributed by atoms with E-state index in [9.17, 15) is 21.6 Å². The van der Waals surface area contributed by atoms with Crippen molar-refractivity contribution in [2.24, 2.45) is 5.41 Å². The summed E-state index contributed by atoms with van der Waals surface area (Å²) in [5.41, 5.74) is -0.361. The van der Waals surface area contributed by atoms with E-state index in [-0.39, 0.29) is 10.6 Å². The number of amides is 1. The Hall–Kier alpha value is -2.43. The van der Waals surface area contributed by atoms with Crippen molar-refractivity contribution in [3.05, 3.63) is 60.2 Å². The number of nitrogens with one attached hydrogen (secondary N) is 1. The number of hydrogen-bond acceptors (Lipinski definition) is 6. The second-order valence-corrected chi connectivity index (χ2v) is 13.2. The summed E-state index contributed by atoms with van der Waals surface area (Å²) in [4.78, 5) is 16.5. The molecule has 0 saturated heterocycles. The second kappa shape index (κ2) is 12.7. The molecule has 0 aromatic heterocycles. The average Bonchev–Trinajstić information content (AvgIpc) is 2.84. The molecule has 0 fully saturated rings. The molecule has 10 heteroatoms. The minimum atomic E-state index is -4.15. The van der Waals surface area contributed by atoms with Gasteiger partial charge in [0.25, 0.3) is 10.0 Å². The molecule has 0 aliphatic heterocycles. The molecule has 2 atom stereocenters. The van der Waals surface area contributed by atoms with E-state index in [4.69, 9.17) is 4.74 Å². The Morgan fingerprint density at radius 1 is 1.03 bits per heavy atom. The molecular weight excluding hydrogens is 500 g/mol. The van der Waals surface area contributed by atoms with Gasteiger partial charge in [-0.2, -0.15) is 0 Å². The highest BCUT2D eigenvalue weighted by atomic mass is 32.2. The number of sulfonamides is 1. The molecule has 2 rings (SSSR count). The van der Waals surface area contributed by atoms with Crippen LogP contribution in [0.5, 0.6) is 5.75 Å². The number of rotatable bonds is 14. The molecule has 8 nitrogen and oxygen atoms in total. The van der Waals surface area contributed by atoms with E-state index in [1.54, 1.807) is 6.92 Å². The fraction of sp³-hybridized carbons (Fsp3) is 0.500. The number of hydrazine groups is 1. The van der Waals surface area contributed by atoms with Crippen molar-refractivity contribution in [3.63, 3.8) is 0 Å². The van der Waals surface area contributed by atoms with Crippen LogP contribution in [-0.2, 0) is 31.1 Å². The van der Waals surface area contributed by atoms with E-state index in [0.29, 0.717) is 31.4 Å². The number of hydrogen-bond donors (Lipinski definition) is 1. The van der Waals surface area contributed by atoms with Gasteiger partial charge >= 0.3 is 0 Å². The highest BCUT2D eigenvalue weighted by molar-refractivity contribution is 7.90. The molecule has 0 heterocycles. The van der Waals surface area contributed by atoms with Crippen molar-refractivity contribution < 1.29 is 26.4 Å². The van der Waals surface area contributed by atoms with Gasteiger partial charge in [-0.15, -0.1) is 4.83 Å². The first kappa shape index (κ1) is 29.8. The van der Waals surface area contributed by atoms with Crippen LogP contribution >= 0.6 is 0 Å². The van der Waals surface area contributed by atoms with Crippen LogP contribution in [-0.4, -0.2) is 52.9 Å². The molecule has 2 aromatic carbocycles. The van der Waals surface area contributed by atoms with Crippen LogP contribution in [0.25, 0.3) is 0 Å². The molecule has 2 unspecified atom stereocenters. The van der Waals surface area contributed by atoms with Crippen molar-refractivity contribution in [2.45, 2.75) is 63.8 Å². The van der Waals surface area contributed by atoms with Crippen molar-refractivity contribution in [1.29, 1.82) is 0 Å². The lowest BCUT2D eigenvalue weighted by molar-refractivity contribution is -0.145. The van der Waals surface area contributed by atoms with E-state index in [2.05, 4.69) is 4.83 Å². The summed E-state index contributed by atoms with van der Waals surface area (Å²) in [6.45, 7) is 5.44. The molecule has 1 N–H and O–H groups in total. The number of methoxy groups -OCH3 is 1. The van der Waals surface area contributed by atoms with E-state index in [1.165, 1.54) is 31.4 Å². The largest absolute Gasteiger partial charge is 0.497 e. The molecule has 0 radical (unpaired) electrons. The SMILES string of the molecule is CCCCC(C)(CS(C)(=O)=O)C(=O)N(NS(=O)(=O)c1ccc(OC)cc1)C(CC)Cc1ccccc1. The topological polar surface area (TPSA) is 110 Å². The average molecular weight is 539 g/mol. The lowest BCUT2D eigenvalue weighted by atomic mass is 9.85. The first-order valence-corrected chi connectivity index (χ1v) is 15.6. The molecule has 0 aliphatic rings. The quantitative estimate of drug-likeness (QED) is 0.365. The maximum Gasteiger partial charge on any atom is 0.257 e. The molecule has 1 amide bonds. The van der Waals surface area contributed by atoms with Gasteiger partial charge in [0.15, 0.2) is 0 Å². The summed E-state index contributed by atoms with van der Waals surface area (Å²) in [7, 11) is -6.19. The molecule has 0 aliphatic carbocycles. The lowest BCUT2D eigenvalue weighted by Crippen LogP contribution is -2.58. The van der Waals surface area contributed by atoms with Crippen molar-refractivity contribution >= 4 is 25.8 Å². The minimum absolute atomic E-state index is 0.0333. The number of carbonyl (C=O) groups excluding carboxylic acids is 1. The summed E-state index contributed by atoms with van der Waals surface area (Å²) in [6, 6.07) is 14.8. The normalized spacial score (nSPS) is 14.6. The fourth-order valence-corrected chi connectivity index (χ4v) is 6.72. The standard InChI is InChI=1S/C26H38N2O6S2/c1-6-8-18-26(3,20-35(5,30)31)25(29)28(22(7-2)19-21-12-10-9-11-13-21)27-36(32,33)24-16-14-23(34-4)15-17-24/h9-17,22,27H,6-8,18-20H2,1-5H3. The van der Waals surface area contributed by atoms with Crippen LogP contribution in [0, 0.1) is 5.41 Å². The van der Waals surface area contributed by atoms with Gasteiger partial charge in [0.1, 0.15) is 15.6 Å². The van der Waals surface area contributed by atoms with E-state index in [0.717, 1.165) is 23.2 Å². The predicted molar refractivity (Wildman–Crippen MR) is 142 cm³/mol. The maximum absolute atomic E-state index is 14.1. The summed E-state index contributed by atoms with van der Waals surface area (Å²) < 4.78 is 56.5. The maximum atomic E-state index is 14.1. The third-order valence-corrected chi connectivity index (χ3v) is 8.63. The zero-order chi connectivity index (χ0) is 27.0. The number of sulfone groups is 1. The third kappa shape index (κ3) is 8.31. The minimum Gasteiger partial charge on any atom is -0.497 e. The van der Waals surface area contributed by atoms with Gasteiger partial charge in [-0.3, -0.25) is 9.80 Å². The second-order valence-electron chi connectivity index (χ2n) is 9.43. The molecule has 0 saturated carbocycles. The highest BCUT2D eigenvalue weighted by Gasteiger charge is 2.42. The van der Waals surface area contributed by atoms with Crippen molar-refractivity contribution in [3.8, 4) is 5.75 Å².